The average Bonchev–Trinajstić information content (AvgIpc) is 2.67. The van der Waals surface area contributed by atoms with Crippen LogP contribution in [0.25, 0.3) is 6.08 Å². The lowest BCUT2D eigenvalue weighted by atomic mass is 10.0. The quantitative estimate of drug-likeness (QED) is 0.431. The number of phenolic OH excluding ortho intramolecular Hbond substituents is 1. The Morgan fingerprint density at radius 1 is 1.29 bits per heavy atom. The summed E-state index contributed by atoms with van der Waals surface area (Å²) in [6, 6.07) is 8.03. The van der Waals surface area contributed by atoms with Crippen molar-refractivity contribution in [3.8, 4) is 5.75 Å². The second kappa shape index (κ2) is 8.12. The molecule has 8 N–H and O–H groups in total. The van der Waals surface area contributed by atoms with Crippen LogP contribution in [-0.4, -0.2) is 34.7 Å². The molecule has 0 spiro atoms. The highest BCUT2D eigenvalue weighted by Crippen LogP contribution is 2.30. The van der Waals surface area contributed by atoms with Gasteiger partial charge in [-0.2, -0.15) is 0 Å². The predicted molar refractivity (Wildman–Crippen MR) is 108 cm³/mol. The fourth-order valence-electron chi connectivity index (χ4n) is 2.94. The lowest BCUT2D eigenvalue weighted by Crippen LogP contribution is -2.19. The number of phenols is 1. The maximum Gasteiger partial charge on any atom is 0.257 e. The van der Waals surface area contributed by atoms with Crippen LogP contribution in [0.3, 0.4) is 0 Å². The first kappa shape index (κ1) is 19.4. The van der Waals surface area contributed by atoms with E-state index in [4.69, 9.17) is 11.5 Å². The van der Waals surface area contributed by atoms with E-state index >= 15 is 0 Å². The average molecular weight is 382 g/mol. The van der Waals surface area contributed by atoms with Gasteiger partial charge in [0, 0.05) is 29.9 Å². The van der Waals surface area contributed by atoms with Crippen molar-refractivity contribution in [1.29, 1.82) is 0 Å². The minimum Gasteiger partial charge on any atom is -0.507 e. The predicted octanol–water partition coefficient (Wildman–Crippen LogP) is 1.44. The number of rotatable bonds is 5. The van der Waals surface area contributed by atoms with Crippen molar-refractivity contribution in [3.63, 3.8) is 0 Å². The molecule has 0 aromatic heterocycles. The minimum absolute atomic E-state index is 0.0239. The first-order valence-electron chi connectivity index (χ1n) is 8.81. The SMILES string of the molecule is NCC(O)/C=C/c1c(O)ccc(C(=O)Nc2ccc3c(c2)CCC(=O)N3)c1N. The van der Waals surface area contributed by atoms with Crippen molar-refractivity contribution in [2.24, 2.45) is 5.73 Å². The Morgan fingerprint density at radius 2 is 2.07 bits per heavy atom. The lowest BCUT2D eigenvalue weighted by molar-refractivity contribution is -0.116. The molecule has 8 nitrogen and oxygen atoms in total. The Morgan fingerprint density at radius 3 is 2.82 bits per heavy atom. The molecule has 2 aromatic carbocycles. The van der Waals surface area contributed by atoms with Crippen LogP contribution in [0, 0.1) is 0 Å². The van der Waals surface area contributed by atoms with Gasteiger partial charge in [-0.3, -0.25) is 9.59 Å². The normalized spacial score (nSPS) is 14.4. The lowest BCUT2D eigenvalue weighted by Gasteiger charge is -2.18. The number of nitrogen functional groups attached to an aromatic ring is 1. The molecular weight excluding hydrogens is 360 g/mol. The molecule has 0 aliphatic carbocycles. The van der Waals surface area contributed by atoms with Crippen LogP contribution in [0.2, 0.25) is 0 Å². The summed E-state index contributed by atoms with van der Waals surface area (Å²) in [5, 5.41) is 25.1. The number of hydrogen-bond acceptors (Lipinski definition) is 6. The van der Waals surface area contributed by atoms with Crippen LogP contribution in [0.4, 0.5) is 17.1 Å². The summed E-state index contributed by atoms with van der Waals surface area (Å²) >= 11 is 0. The van der Waals surface area contributed by atoms with Crippen molar-refractivity contribution < 1.29 is 19.8 Å². The molecule has 1 aliphatic heterocycles. The highest BCUT2D eigenvalue weighted by molar-refractivity contribution is 6.09. The summed E-state index contributed by atoms with van der Waals surface area (Å²) < 4.78 is 0. The third-order valence-electron chi connectivity index (χ3n) is 4.49. The van der Waals surface area contributed by atoms with Gasteiger partial charge in [0.2, 0.25) is 5.91 Å². The number of nitrogens with one attached hydrogen (secondary N) is 2. The Hall–Kier alpha value is -3.36. The van der Waals surface area contributed by atoms with Gasteiger partial charge in [0.15, 0.2) is 0 Å². The molecule has 1 heterocycles. The summed E-state index contributed by atoms with van der Waals surface area (Å²) in [5.41, 5.74) is 14.2. The van der Waals surface area contributed by atoms with E-state index in [0.29, 0.717) is 18.5 Å². The number of benzene rings is 2. The van der Waals surface area contributed by atoms with Gasteiger partial charge in [-0.05, 0) is 42.3 Å². The largest absolute Gasteiger partial charge is 0.507 e. The van der Waals surface area contributed by atoms with E-state index in [0.717, 1.165) is 11.3 Å². The number of fused-ring (bicyclic) bond motifs is 1. The Kier molecular flexibility index (Phi) is 5.62. The van der Waals surface area contributed by atoms with E-state index in [-0.39, 0.29) is 35.0 Å². The van der Waals surface area contributed by atoms with Crippen LogP contribution in [0.5, 0.6) is 5.75 Å². The molecule has 0 bridgehead atoms. The van der Waals surface area contributed by atoms with Crippen molar-refractivity contribution in [1.82, 2.24) is 0 Å². The second-order valence-electron chi connectivity index (χ2n) is 6.50. The molecule has 2 aromatic rings. The van der Waals surface area contributed by atoms with Gasteiger partial charge in [-0.15, -0.1) is 0 Å². The molecule has 0 fully saturated rings. The molecule has 1 atom stereocenters. The van der Waals surface area contributed by atoms with E-state index in [2.05, 4.69) is 10.6 Å². The Bertz CT molecular complexity index is 955. The second-order valence-corrected chi connectivity index (χ2v) is 6.50. The zero-order valence-corrected chi connectivity index (χ0v) is 15.1. The van der Waals surface area contributed by atoms with Crippen molar-refractivity contribution >= 4 is 35.0 Å². The Balaban J connectivity index is 1.83. The monoisotopic (exact) mass is 382 g/mol. The third kappa shape index (κ3) is 4.13. The topological polar surface area (TPSA) is 151 Å². The molecule has 1 aliphatic rings. The van der Waals surface area contributed by atoms with Gasteiger partial charge < -0.3 is 32.3 Å². The van der Waals surface area contributed by atoms with E-state index in [1.54, 1.807) is 12.1 Å². The molecule has 3 rings (SSSR count). The number of aromatic hydroxyl groups is 1. The molecule has 8 heteroatoms. The first-order chi connectivity index (χ1) is 13.4. The van der Waals surface area contributed by atoms with Gasteiger partial charge in [0.1, 0.15) is 5.75 Å². The van der Waals surface area contributed by atoms with Gasteiger partial charge in [-0.25, -0.2) is 0 Å². The molecule has 28 heavy (non-hydrogen) atoms. The minimum atomic E-state index is -0.882. The fraction of sp³-hybridized carbons (Fsp3) is 0.200. The third-order valence-corrected chi connectivity index (χ3v) is 4.49. The molecule has 1 unspecified atom stereocenters. The molecular formula is C20H22N4O4. The number of aliphatic hydroxyl groups is 1. The van der Waals surface area contributed by atoms with Crippen molar-refractivity contribution in [3.05, 3.63) is 53.1 Å². The van der Waals surface area contributed by atoms with E-state index in [9.17, 15) is 19.8 Å². The van der Waals surface area contributed by atoms with Gasteiger partial charge in [0.25, 0.3) is 5.91 Å². The van der Waals surface area contributed by atoms with Gasteiger partial charge in [0.05, 0.1) is 17.4 Å². The van der Waals surface area contributed by atoms with Gasteiger partial charge in [-0.1, -0.05) is 12.2 Å². The highest BCUT2D eigenvalue weighted by Gasteiger charge is 2.18. The molecule has 0 saturated carbocycles. The fourth-order valence-corrected chi connectivity index (χ4v) is 2.94. The maximum atomic E-state index is 12.7. The van der Waals surface area contributed by atoms with Crippen molar-refractivity contribution in [2.75, 3.05) is 22.9 Å². The smallest absolute Gasteiger partial charge is 0.257 e. The number of carbonyl (C=O) groups is 2. The number of aryl methyl sites for hydroxylation is 1. The first-order valence-corrected chi connectivity index (χ1v) is 8.81. The van der Waals surface area contributed by atoms with E-state index in [1.165, 1.54) is 24.3 Å². The summed E-state index contributed by atoms with van der Waals surface area (Å²) in [6.07, 6.45) is 2.95. The van der Waals surface area contributed by atoms with Crippen LogP contribution in [-0.2, 0) is 11.2 Å². The van der Waals surface area contributed by atoms with Crippen LogP contribution in [0.1, 0.15) is 27.9 Å². The Labute approximate surface area is 161 Å². The highest BCUT2D eigenvalue weighted by atomic mass is 16.3. The summed E-state index contributed by atoms with van der Waals surface area (Å²) in [4.78, 5) is 24.1. The molecule has 0 radical (unpaired) electrons. The summed E-state index contributed by atoms with van der Waals surface area (Å²) in [7, 11) is 0. The number of hydrogen-bond donors (Lipinski definition) is 6. The molecule has 0 saturated heterocycles. The van der Waals surface area contributed by atoms with E-state index in [1.807, 2.05) is 6.07 Å². The number of carbonyl (C=O) groups excluding carboxylic acids is 2. The molecule has 2 amide bonds. The van der Waals surface area contributed by atoms with Crippen molar-refractivity contribution in [2.45, 2.75) is 18.9 Å². The molecule has 146 valence electrons. The van der Waals surface area contributed by atoms with E-state index < -0.39 is 12.0 Å². The zero-order chi connectivity index (χ0) is 20.3. The summed E-state index contributed by atoms with van der Waals surface area (Å²) in [5.74, 6) is -0.577. The maximum absolute atomic E-state index is 12.7. The van der Waals surface area contributed by atoms with Gasteiger partial charge >= 0.3 is 0 Å². The van der Waals surface area contributed by atoms with Crippen LogP contribution in [0.15, 0.2) is 36.4 Å². The number of anilines is 3. The summed E-state index contributed by atoms with van der Waals surface area (Å²) in [6.45, 7) is 0.0239. The number of aliphatic hydroxyl groups excluding tert-OH is 1. The standard InChI is InChI=1S/C20H22N4O4/c21-10-13(25)3-4-14-17(26)7-5-15(19(14)22)20(28)23-12-2-6-16-11(9-12)1-8-18(27)24-16/h2-7,9,13,25-26H,1,8,10,21-22H2,(H,23,28)(H,24,27)/b4-3+. The zero-order valence-electron chi connectivity index (χ0n) is 15.1. The van der Waals surface area contributed by atoms with Crippen LogP contribution >= 0.6 is 0 Å². The number of nitrogens with two attached hydrogens (primary N) is 2. The number of amides is 2. The van der Waals surface area contributed by atoms with Crippen LogP contribution < -0.4 is 22.1 Å².